The van der Waals surface area contributed by atoms with Crippen molar-refractivity contribution in [3.05, 3.63) is 64.2 Å². The highest BCUT2D eigenvalue weighted by Crippen LogP contribution is 2.41. The lowest BCUT2D eigenvalue weighted by Crippen LogP contribution is -2.49. The average Bonchev–Trinajstić information content (AvgIpc) is 2.67. The molecule has 0 saturated carbocycles. The van der Waals surface area contributed by atoms with Gasteiger partial charge in [0.05, 0.1) is 24.4 Å². The van der Waals surface area contributed by atoms with Crippen LogP contribution in [0, 0.1) is 13.8 Å². The number of benzene rings is 2. The van der Waals surface area contributed by atoms with E-state index in [0.717, 1.165) is 16.7 Å². The summed E-state index contributed by atoms with van der Waals surface area (Å²) < 4.78 is 5.33. The first-order valence-corrected chi connectivity index (χ1v) is 10.7. The van der Waals surface area contributed by atoms with Gasteiger partial charge in [-0.05, 0) is 95.0 Å². The number of carbonyl (C=O) groups excluding carboxylic acids is 1. The molecule has 0 aromatic heterocycles. The number of hydrogen-bond acceptors (Lipinski definition) is 4. The van der Waals surface area contributed by atoms with E-state index >= 15 is 0 Å². The molecule has 0 fully saturated rings. The van der Waals surface area contributed by atoms with Crippen LogP contribution >= 0.6 is 0 Å². The van der Waals surface area contributed by atoms with Crippen LogP contribution in [0.2, 0.25) is 0 Å². The highest BCUT2D eigenvalue weighted by molar-refractivity contribution is 5.98. The van der Waals surface area contributed by atoms with Crippen molar-refractivity contribution in [1.82, 2.24) is 5.43 Å². The Hall–Kier alpha value is -3.08. The van der Waals surface area contributed by atoms with Gasteiger partial charge in [0.25, 0.3) is 5.91 Å². The zero-order valence-corrected chi connectivity index (χ0v) is 19.8. The van der Waals surface area contributed by atoms with Gasteiger partial charge < -0.3 is 9.64 Å². The molecule has 1 N–H and O–H groups in total. The van der Waals surface area contributed by atoms with E-state index < -0.39 is 0 Å². The molecule has 0 atom stereocenters. The lowest BCUT2D eigenvalue weighted by atomic mass is 9.86. The molecule has 0 unspecified atom stereocenters. The summed E-state index contributed by atoms with van der Waals surface area (Å²) in [6.45, 7) is 15.1. The predicted octanol–water partition coefficient (Wildman–Crippen LogP) is 5.49. The molecule has 3 rings (SSSR count). The Balaban J connectivity index is 1.88. The molecule has 5 heteroatoms. The van der Waals surface area contributed by atoms with Gasteiger partial charge in [-0.2, -0.15) is 5.10 Å². The Morgan fingerprint density at radius 1 is 1.16 bits per heavy atom. The van der Waals surface area contributed by atoms with Crippen molar-refractivity contribution in [3.63, 3.8) is 0 Å². The SMILES string of the molecule is COc1cc(C)ccc1C(=O)N/N=C/c1cc2c(cc1C)N(C(C)C)C(C)(C)C=C2C. The number of rotatable bonds is 5. The Morgan fingerprint density at radius 3 is 2.52 bits per heavy atom. The molecule has 1 aliphatic heterocycles. The third kappa shape index (κ3) is 4.50. The number of aryl methyl sites for hydroxylation is 2. The number of hydrazone groups is 1. The lowest BCUT2D eigenvalue weighted by molar-refractivity contribution is 0.0952. The van der Waals surface area contributed by atoms with Gasteiger partial charge in [-0.15, -0.1) is 0 Å². The van der Waals surface area contributed by atoms with Crippen molar-refractivity contribution >= 4 is 23.4 Å². The monoisotopic (exact) mass is 419 g/mol. The minimum absolute atomic E-state index is 0.0473. The molecule has 0 aliphatic carbocycles. The van der Waals surface area contributed by atoms with Crippen LogP contribution in [0.4, 0.5) is 5.69 Å². The quantitative estimate of drug-likeness (QED) is 0.515. The zero-order valence-electron chi connectivity index (χ0n) is 19.8. The summed E-state index contributed by atoms with van der Waals surface area (Å²) in [4.78, 5) is 15.0. The summed E-state index contributed by atoms with van der Waals surface area (Å²) in [5.41, 5.74) is 9.85. The van der Waals surface area contributed by atoms with Gasteiger partial charge in [-0.1, -0.05) is 12.1 Å². The van der Waals surface area contributed by atoms with Crippen molar-refractivity contribution < 1.29 is 9.53 Å². The largest absolute Gasteiger partial charge is 0.496 e. The fraction of sp³-hybridized carbons (Fsp3) is 0.385. The maximum absolute atomic E-state index is 12.6. The van der Waals surface area contributed by atoms with E-state index in [0.29, 0.717) is 17.4 Å². The fourth-order valence-corrected chi connectivity index (χ4v) is 4.50. The van der Waals surface area contributed by atoms with E-state index in [1.54, 1.807) is 19.4 Å². The fourth-order valence-electron chi connectivity index (χ4n) is 4.50. The number of allylic oxidation sites excluding steroid dienone is 1. The van der Waals surface area contributed by atoms with E-state index in [4.69, 9.17) is 4.74 Å². The number of hydrogen-bond donors (Lipinski definition) is 1. The Labute approximate surface area is 185 Å². The third-order valence-corrected chi connectivity index (χ3v) is 5.75. The maximum Gasteiger partial charge on any atom is 0.275 e. The highest BCUT2D eigenvalue weighted by atomic mass is 16.5. The van der Waals surface area contributed by atoms with Crippen molar-refractivity contribution in [2.24, 2.45) is 5.10 Å². The van der Waals surface area contributed by atoms with Crippen LogP contribution in [0.5, 0.6) is 5.75 Å². The van der Waals surface area contributed by atoms with Crippen molar-refractivity contribution in [2.45, 2.75) is 60.0 Å². The zero-order chi connectivity index (χ0) is 22.9. The molecule has 0 radical (unpaired) electrons. The van der Waals surface area contributed by atoms with Gasteiger partial charge in [-0.3, -0.25) is 4.79 Å². The maximum atomic E-state index is 12.6. The third-order valence-electron chi connectivity index (χ3n) is 5.75. The smallest absolute Gasteiger partial charge is 0.275 e. The molecular formula is C26H33N3O2. The van der Waals surface area contributed by atoms with Crippen molar-refractivity contribution in [1.29, 1.82) is 0 Å². The van der Waals surface area contributed by atoms with Gasteiger partial charge in [0.15, 0.2) is 0 Å². The first-order chi connectivity index (χ1) is 14.5. The number of nitrogens with one attached hydrogen (secondary N) is 1. The molecule has 164 valence electrons. The summed E-state index contributed by atoms with van der Waals surface area (Å²) in [6, 6.07) is 10.2. The van der Waals surface area contributed by atoms with Crippen LogP contribution in [0.1, 0.15) is 67.2 Å². The minimum atomic E-state index is -0.299. The van der Waals surface area contributed by atoms with Gasteiger partial charge in [-0.25, -0.2) is 5.43 Å². The average molecular weight is 420 g/mol. The Bertz CT molecular complexity index is 1060. The molecule has 2 aromatic rings. The molecule has 1 heterocycles. The number of methoxy groups -OCH3 is 1. The summed E-state index contributed by atoms with van der Waals surface area (Å²) in [5, 5.41) is 4.22. The van der Waals surface area contributed by atoms with E-state index in [1.807, 2.05) is 19.1 Å². The van der Waals surface area contributed by atoms with Crippen molar-refractivity contribution in [3.8, 4) is 5.75 Å². The first kappa shape index (κ1) is 22.6. The number of amides is 1. The predicted molar refractivity (Wildman–Crippen MR) is 129 cm³/mol. The van der Waals surface area contributed by atoms with E-state index in [-0.39, 0.29) is 11.4 Å². The van der Waals surface area contributed by atoms with Gasteiger partial charge >= 0.3 is 0 Å². The second-order valence-electron chi connectivity index (χ2n) is 9.07. The van der Waals surface area contributed by atoms with Crippen LogP contribution < -0.4 is 15.1 Å². The molecule has 5 nitrogen and oxygen atoms in total. The van der Waals surface area contributed by atoms with Gasteiger partial charge in [0.1, 0.15) is 5.75 Å². The number of ether oxygens (including phenoxy) is 1. The standard InChI is InChI=1S/C26H33N3O2/c1-16(2)29-23-12-18(4)20(13-22(23)19(5)14-26(29,6)7)15-27-28-25(30)21-10-9-17(3)11-24(21)31-8/h9-16H,1-8H3,(H,28,30)/b27-15+. The van der Waals surface area contributed by atoms with Crippen LogP contribution in [0.3, 0.4) is 0 Å². The summed E-state index contributed by atoms with van der Waals surface area (Å²) in [7, 11) is 1.56. The number of fused-ring (bicyclic) bond motifs is 1. The molecule has 1 amide bonds. The van der Waals surface area contributed by atoms with Gasteiger partial charge in [0, 0.05) is 17.3 Å². The van der Waals surface area contributed by atoms with E-state index in [9.17, 15) is 4.79 Å². The molecule has 1 aliphatic rings. The summed E-state index contributed by atoms with van der Waals surface area (Å²) in [6.07, 6.45) is 4.03. The molecule has 0 spiro atoms. The van der Waals surface area contributed by atoms with E-state index in [2.05, 4.69) is 75.2 Å². The summed E-state index contributed by atoms with van der Waals surface area (Å²) >= 11 is 0. The molecular weight excluding hydrogens is 386 g/mol. The molecule has 0 bridgehead atoms. The van der Waals surface area contributed by atoms with Gasteiger partial charge in [0.2, 0.25) is 0 Å². The molecule has 2 aromatic carbocycles. The van der Waals surface area contributed by atoms with Crippen LogP contribution in [0.25, 0.3) is 5.57 Å². The number of anilines is 1. The first-order valence-electron chi connectivity index (χ1n) is 10.7. The van der Waals surface area contributed by atoms with Crippen LogP contribution in [-0.4, -0.2) is 30.8 Å². The second-order valence-corrected chi connectivity index (χ2v) is 9.07. The van der Waals surface area contributed by atoms with Crippen LogP contribution in [0.15, 0.2) is 41.5 Å². The Morgan fingerprint density at radius 2 is 1.87 bits per heavy atom. The topological polar surface area (TPSA) is 53.9 Å². The number of nitrogens with zero attached hydrogens (tertiary/aromatic N) is 2. The molecule has 31 heavy (non-hydrogen) atoms. The van der Waals surface area contributed by atoms with Crippen LogP contribution in [-0.2, 0) is 0 Å². The number of carbonyl (C=O) groups is 1. The van der Waals surface area contributed by atoms with E-state index in [1.165, 1.54) is 16.8 Å². The Kier molecular flexibility index (Phi) is 6.25. The summed E-state index contributed by atoms with van der Waals surface area (Å²) in [5.74, 6) is 0.238. The normalized spacial score (nSPS) is 15.1. The highest BCUT2D eigenvalue weighted by Gasteiger charge is 2.33. The van der Waals surface area contributed by atoms with Crippen molar-refractivity contribution in [2.75, 3.05) is 12.0 Å². The molecule has 0 saturated heterocycles. The second kappa shape index (κ2) is 8.58. The minimum Gasteiger partial charge on any atom is -0.496 e. The lowest BCUT2D eigenvalue weighted by Gasteiger charge is -2.46.